The molecular formula is C28H28ClN3O3. The van der Waals surface area contributed by atoms with Crippen LogP contribution in [0.1, 0.15) is 23.6 Å². The van der Waals surface area contributed by atoms with Gasteiger partial charge in [-0.3, -0.25) is 4.79 Å². The molecule has 6 nitrogen and oxygen atoms in total. The average Bonchev–Trinajstić information content (AvgIpc) is 2.84. The van der Waals surface area contributed by atoms with E-state index < -0.39 is 0 Å². The molecule has 0 aliphatic rings. The lowest BCUT2D eigenvalue weighted by molar-refractivity contribution is 0.209. The maximum Gasteiger partial charge on any atom is 0.322 e. The molecule has 0 aliphatic heterocycles. The van der Waals surface area contributed by atoms with Crippen LogP contribution >= 0.6 is 11.6 Å². The summed E-state index contributed by atoms with van der Waals surface area (Å²) in [4.78, 5) is 30.7. The van der Waals surface area contributed by atoms with Crippen molar-refractivity contribution < 1.29 is 9.53 Å². The number of fused-ring (bicyclic) bond motifs is 1. The van der Waals surface area contributed by atoms with E-state index in [2.05, 4.69) is 16.4 Å². The zero-order valence-corrected chi connectivity index (χ0v) is 20.6. The number of benzene rings is 3. The quantitative estimate of drug-likeness (QED) is 0.311. The highest BCUT2D eigenvalue weighted by Crippen LogP contribution is 2.22. The van der Waals surface area contributed by atoms with Gasteiger partial charge >= 0.3 is 6.03 Å². The number of aromatic amines is 1. The summed E-state index contributed by atoms with van der Waals surface area (Å²) in [6, 6.07) is 22.3. The molecule has 7 heteroatoms. The molecule has 0 radical (unpaired) electrons. The van der Waals surface area contributed by atoms with Gasteiger partial charge in [-0.15, -0.1) is 0 Å². The van der Waals surface area contributed by atoms with Crippen molar-refractivity contribution >= 4 is 34.2 Å². The van der Waals surface area contributed by atoms with Gasteiger partial charge in [0.25, 0.3) is 5.56 Å². The smallest absolute Gasteiger partial charge is 0.322 e. The molecule has 0 fully saturated rings. The Morgan fingerprint density at radius 3 is 2.66 bits per heavy atom. The number of anilines is 1. The van der Waals surface area contributed by atoms with Crippen LogP contribution in [-0.4, -0.2) is 29.1 Å². The Hall–Kier alpha value is -3.77. The van der Waals surface area contributed by atoms with Crippen LogP contribution < -0.4 is 15.6 Å². The van der Waals surface area contributed by atoms with Crippen molar-refractivity contribution in [3.8, 4) is 5.75 Å². The number of H-pyrrole nitrogens is 1. The average molecular weight is 490 g/mol. The minimum Gasteiger partial charge on any atom is -0.494 e. The summed E-state index contributed by atoms with van der Waals surface area (Å²) >= 11 is 6.25. The Labute approximate surface area is 209 Å². The van der Waals surface area contributed by atoms with Crippen molar-refractivity contribution in [2.45, 2.75) is 26.8 Å². The molecule has 0 atom stereocenters. The van der Waals surface area contributed by atoms with Crippen LogP contribution in [0, 0.1) is 6.92 Å². The minimum absolute atomic E-state index is 0.145. The van der Waals surface area contributed by atoms with Gasteiger partial charge in [-0.25, -0.2) is 4.79 Å². The number of pyridine rings is 1. The number of rotatable bonds is 8. The first kappa shape index (κ1) is 24.4. The summed E-state index contributed by atoms with van der Waals surface area (Å²) in [7, 11) is 0. The van der Waals surface area contributed by atoms with E-state index in [1.807, 2.05) is 62.4 Å². The second kappa shape index (κ2) is 11.1. The van der Waals surface area contributed by atoms with E-state index >= 15 is 0 Å². The largest absolute Gasteiger partial charge is 0.494 e. The highest BCUT2D eigenvalue weighted by atomic mass is 35.5. The molecule has 4 aromatic rings. The minimum atomic E-state index is -0.326. The van der Waals surface area contributed by atoms with Gasteiger partial charge in [0.05, 0.1) is 23.9 Å². The van der Waals surface area contributed by atoms with Gasteiger partial charge in [-0.05, 0) is 62.2 Å². The number of halogens is 1. The number of para-hydroxylation sites is 1. The molecule has 0 unspecified atom stereocenters. The van der Waals surface area contributed by atoms with Gasteiger partial charge in [0.2, 0.25) is 0 Å². The van der Waals surface area contributed by atoms with Crippen molar-refractivity contribution in [1.82, 2.24) is 9.88 Å². The van der Waals surface area contributed by atoms with Crippen LogP contribution in [0.5, 0.6) is 5.75 Å². The highest BCUT2D eigenvalue weighted by Gasteiger charge is 2.18. The summed E-state index contributed by atoms with van der Waals surface area (Å²) in [6.45, 7) is 5.09. The van der Waals surface area contributed by atoms with E-state index in [-0.39, 0.29) is 18.1 Å². The van der Waals surface area contributed by atoms with E-state index in [1.54, 1.807) is 23.1 Å². The zero-order chi connectivity index (χ0) is 24.8. The Morgan fingerprint density at radius 1 is 1.06 bits per heavy atom. The molecule has 2 N–H and O–H groups in total. The molecule has 0 saturated heterocycles. The molecule has 0 bridgehead atoms. The van der Waals surface area contributed by atoms with Crippen molar-refractivity contribution in [3.05, 3.63) is 105 Å². The van der Waals surface area contributed by atoms with E-state index in [4.69, 9.17) is 16.3 Å². The van der Waals surface area contributed by atoms with Crippen molar-refractivity contribution in [1.29, 1.82) is 0 Å². The van der Waals surface area contributed by atoms with E-state index in [1.165, 1.54) is 0 Å². The predicted octanol–water partition coefficient (Wildman–Crippen LogP) is 6.17. The Bertz CT molecular complexity index is 1400. The molecule has 4 rings (SSSR count). The third-order valence-electron chi connectivity index (χ3n) is 5.72. The highest BCUT2D eigenvalue weighted by molar-refractivity contribution is 6.33. The van der Waals surface area contributed by atoms with Gasteiger partial charge in [0, 0.05) is 23.0 Å². The molecule has 1 aromatic heterocycles. The van der Waals surface area contributed by atoms with Crippen LogP contribution in [0.15, 0.2) is 77.6 Å². The van der Waals surface area contributed by atoms with Crippen LogP contribution in [-0.2, 0) is 13.0 Å². The maximum absolute atomic E-state index is 13.3. The molecule has 35 heavy (non-hydrogen) atoms. The number of carbonyl (C=O) groups is 1. The van der Waals surface area contributed by atoms with Crippen LogP contribution in [0.3, 0.4) is 0 Å². The second-order valence-corrected chi connectivity index (χ2v) is 8.78. The first-order valence-electron chi connectivity index (χ1n) is 11.6. The van der Waals surface area contributed by atoms with Crippen molar-refractivity contribution in [2.75, 3.05) is 18.5 Å². The summed E-state index contributed by atoms with van der Waals surface area (Å²) in [5, 5.41) is 4.18. The summed E-state index contributed by atoms with van der Waals surface area (Å²) in [5.74, 6) is 0.728. The fraction of sp³-hybridized carbons (Fsp3) is 0.214. The molecule has 2 amide bonds. The third kappa shape index (κ3) is 6.22. The van der Waals surface area contributed by atoms with Crippen molar-refractivity contribution in [2.24, 2.45) is 0 Å². The molecule has 1 heterocycles. The van der Waals surface area contributed by atoms with Gasteiger partial charge in [-0.2, -0.15) is 0 Å². The molecule has 0 aliphatic carbocycles. The van der Waals surface area contributed by atoms with Gasteiger partial charge in [0.1, 0.15) is 5.75 Å². The molecule has 180 valence electrons. The van der Waals surface area contributed by atoms with Crippen LogP contribution in [0.25, 0.3) is 10.9 Å². The molecular weight excluding hydrogens is 462 g/mol. The lowest BCUT2D eigenvalue weighted by Crippen LogP contribution is -2.37. The van der Waals surface area contributed by atoms with Crippen LogP contribution in [0.4, 0.5) is 10.5 Å². The van der Waals surface area contributed by atoms with Crippen molar-refractivity contribution in [3.63, 3.8) is 0 Å². The van der Waals surface area contributed by atoms with E-state index in [0.717, 1.165) is 22.3 Å². The Kier molecular flexibility index (Phi) is 7.73. The number of urea groups is 1. The maximum atomic E-state index is 13.3. The first-order valence-corrected chi connectivity index (χ1v) is 12.0. The molecule has 0 saturated carbocycles. The second-order valence-electron chi connectivity index (χ2n) is 8.38. The number of amides is 2. The lowest BCUT2D eigenvalue weighted by atomic mass is 10.1. The standard InChI is InChI=1S/C28H28ClN3O3/c1-3-35-23-11-12-25-21(17-23)16-22(27(33)30-25)18-32(14-13-20-8-6-7-19(2)15-20)28(34)31-26-10-5-4-9-24(26)29/h4-12,15-17H,3,13-14,18H2,1-2H3,(H,30,33)(H,31,34). The summed E-state index contributed by atoms with van der Waals surface area (Å²) < 4.78 is 5.60. The Morgan fingerprint density at radius 2 is 1.89 bits per heavy atom. The normalized spacial score (nSPS) is 10.8. The SMILES string of the molecule is CCOc1ccc2[nH]c(=O)c(CN(CCc3cccc(C)c3)C(=O)Nc3ccccc3Cl)cc2c1. The number of carbonyl (C=O) groups excluding carboxylic acids is 1. The first-order chi connectivity index (χ1) is 16.9. The number of aromatic nitrogens is 1. The third-order valence-corrected chi connectivity index (χ3v) is 6.05. The van der Waals surface area contributed by atoms with Crippen LogP contribution in [0.2, 0.25) is 5.02 Å². The number of nitrogens with zero attached hydrogens (tertiary/aromatic N) is 1. The fourth-order valence-corrected chi connectivity index (χ4v) is 4.13. The summed E-state index contributed by atoms with van der Waals surface area (Å²) in [6.07, 6.45) is 0.650. The molecule has 0 spiro atoms. The van der Waals surface area contributed by atoms with Gasteiger partial charge in [0.15, 0.2) is 0 Å². The topological polar surface area (TPSA) is 74.4 Å². The Balaban J connectivity index is 1.62. The lowest BCUT2D eigenvalue weighted by Gasteiger charge is -2.23. The monoisotopic (exact) mass is 489 g/mol. The number of hydrogen-bond donors (Lipinski definition) is 2. The van der Waals surface area contributed by atoms with E-state index in [0.29, 0.717) is 41.4 Å². The van der Waals surface area contributed by atoms with E-state index in [9.17, 15) is 9.59 Å². The zero-order valence-electron chi connectivity index (χ0n) is 19.8. The molecule has 3 aromatic carbocycles. The van der Waals surface area contributed by atoms with Gasteiger partial charge < -0.3 is 19.9 Å². The number of aryl methyl sites for hydroxylation is 1. The summed E-state index contributed by atoms with van der Waals surface area (Å²) in [5.41, 5.74) is 3.78. The number of nitrogens with one attached hydrogen (secondary N) is 2. The van der Waals surface area contributed by atoms with Gasteiger partial charge in [-0.1, -0.05) is 53.6 Å². The number of ether oxygens (including phenoxy) is 1. The predicted molar refractivity (Wildman–Crippen MR) is 142 cm³/mol. The fourth-order valence-electron chi connectivity index (χ4n) is 3.95. The number of hydrogen-bond acceptors (Lipinski definition) is 3.